The molecule has 0 fully saturated rings. The van der Waals surface area contributed by atoms with Crippen LogP contribution in [0.1, 0.15) is 18.9 Å². The van der Waals surface area contributed by atoms with E-state index in [1.165, 1.54) is 5.56 Å². The number of ether oxygens (including phenoxy) is 1. The molecule has 0 spiro atoms. The highest BCUT2D eigenvalue weighted by Crippen LogP contribution is 2.20. The van der Waals surface area contributed by atoms with Gasteiger partial charge in [0.1, 0.15) is 5.75 Å². The Hall–Kier alpha value is -1.10. The van der Waals surface area contributed by atoms with Crippen LogP contribution in [0.4, 0.5) is 0 Å². The quantitative estimate of drug-likeness (QED) is 0.744. The minimum Gasteiger partial charge on any atom is -0.496 e. The van der Waals surface area contributed by atoms with Crippen LogP contribution in [0, 0.1) is 0 Å². The van der Waals surface area contributed by atoms with E-state index in [9.17, 15) is 5.11 Å². The van der Waals surface area contributed by atoms with Crippen LogP contribution >= 0.6 is 0 Å². The third-order valence-corrected chi connectivity index (χ3v) is 3.55. The first kappa shape index (κ1) is 16.0. The van der Waals surface area contributed by atoms with Gasteiger partial charge in [0.05, 0.1) is 13.2 Å². The van der Waals surface area contributed by atoms with Crippen LogP contribution in [0.2, 0.25) is 0 Å². The number of hydrogen-bond donors (Lipinski definition) is 2. The summed E-state index contributed by atoms with van der Waals surface area (Å²) in [5.41, 5.74) is 6.62. The Morgan fingerprint density at radius 3 is 2.68 bits per heavy atom. The van der Waals surface area contributed by atoms with E-state index in [2.05, 4.69) is 24.9 Å². The number of para-hydroxylation sites is 1. The number of aliphatic hydroxyl groups is 1. The molecule has 2 atom stereocenters. The van der Waals surface area contributed by atoms with Gasteiger partial charge in [0.2, 0.25) is 0 Å². The average Bonchev–Trinajstić information content (AvgIpc) is 2.44. The van der Waals surface area contributed by atoms with E-state index >= 15 is 0 Å². The molecule has 108 valence electrons. The zero-order chi connectivity index (χ0) is 14.3. The second kappa shape index (κ2) is 8.15. The van der Waals surface area contributed by atoms with Gasteiger partial charge in [0, 0.05) is 19.1 Å². The van der Waals surface area contributed by atoms with Crippen molar-refractivity contribution < 1.29 is 9.84 Å². The fraction of sp³-hybridized carbons (Fsp3) is 0.600. The first-order valence-corrected chi connectivity index (χ1v) is 6.78. The third kappa shape index (κ3) is 5.19. The normalized spacial score (nSPS) is 14.4. The molecule has 3 N–H and O–H groups in total. The number of nitrogens with zero attached hydrogens (tertiary/aromatic N) is 1. The molecule has 1 rings (SSSR count). The Morgan fingerprint density at radius 2 is 2.05 bits per heavy atom. The van der Waals surface area contributed by atoms with Crippen LogP contribution in [0.25, 0.3) is 0 Å². The minimum absolute atomic E-state index is 0.328. The number of rotatable bonds is 8. The van der Waals surface area contributed by atoms with Gasteiger partial charge in [-0.2, -0.15) is 0 Å². The lowest BCUT2D eigenvalue weighted by atomic mass is 10.0. The van der Waals surface area contributed by atoms with Gasteiger partial charge in [-0.15, -0.1) is 0 Å². The molecule has 2 unspecified atom stereocenters. The lowest BCUT2D eigenvalue weighted by Crippen LogP contribution is -2.34. The van der Waals surface area contributed by atoms with Crippen molar-refractivity contribution in [3.05, 3.63) is 29.8 Å². The Bertz CT molecular complexity index is 371. The average molecular weight is 266 g/mol. The van der Waals surface area contributed by atoms with Gasteiger partial charge in [-0.25, -0.2) is 0 Å². The molecule has 0 aliphatic rings. The summed E-state index contributed by atoms with van der Waals surface area (Å²) < 4.78 is 5.37. The molecule has 0 aromatic heterocycles. The van der Waals surface area contributed by atoms with Crippen molar-refractivity contribution in [2.24, 2.45) is 5.73 Å². The zero-order valence-electron chi connectivity index (χ0n) is 12.2. The lowest BCUT2D eigenvalue weighted by Gasteiger charge is -2.26. The number of hydrogen-bond acceptors (Lipinski definition) is 4. The van der Waals surface area contributed by atoms with E-state index in [1.807, 2.05) is 18.2 Å². The SMILES string of the molecule is COc1ccccc1CC(C)N(C)CCC(O)CN. The Morgan fingerprint density at radius 1 is 1.37 bits per heavy atom. The van der Waals surface area contributed by atoms with Crippen molar-refractivity contribution in [1.29, 1.82) is 0 Å². The highest BCUT2D eigenvalue weighted by atomic mass is 16.5. The first-order valence-electron chi connectivity index (χ1n) is 6.78. The Balaban J connectivity index is 2.51. The van der Waals surface area contributed by atoms with E-state index in [1.54, 1.807) is 7.11 Å². The molecule has 0 amide bonds. The maximum absolute atomic E-state index is 9.49. The summed E-state index contributed by atoms with van der Waals surface area (Å²) in [6.07, 6.45) is 1.24. The van der Waals surface area contributed by atoms with Crippen LogP contribution in [0.3, 0.4) is 0 Å². The smallest absolute Gasteiger partial charge is 0.122 e. The fourth-order valence-electron chi connectivity index (χ4n) is 2.04. The van der Waals surface area contributed by atoms with Crippen LogP contribution in [-0.4, -0.2) is 49.4 Å². The second-order valence-corrected chi connectivity index (χ2v) is 5.02. The van der Waals surface area contributed by atoms with E-state index in [0.29, 0.717) is 19.0 Å². The van der Waals surface area contributed by atoms with Gasteiger partial charge < -0.3 is 20.5 Å². The lowest BCUT2D eigenvalue weighted by molar-refractivity contribution is 0.143. The third-order valence-electron chi connectivity index (χ3n) is 3.55. The maximum Gasteiger partial charge on any atom is 0.122 e. The topological polar surface area (TPSA) is 58.7 Å². The largest absolute Gasteiger partial charge is 0.496 e. The Labute approximate surface area is 116 Å². The molecule has 1 aromatic carbocycles. The summed E-state index contributed by atoms with van der Waals surface area (Å²) in [5, 5.41) is 9.49. The predicted octanol–water partition coefficient (Wildman–Crippen LogP) is 1.27. The van der Waals surface area contributed by atoms with Gasteiger partial charge in [-0.05, 0) is 38.4 Å². The van der Waals surface area contributed by atoms with Crippen molar-refractivity contribution in [2.75, 3.05) is 27.2 Å². The molecule has 0 aliphatic heterocycles. The molecular weight excluding hydrogens is 240 g/mol. The monoisotopic (exact) mass is 266 g/mol. The van der Waals surface area contributed by atoms with Crippen LogP contribution < -0.4 is 10.5 Å². The van der Waals surface area contributed by atoms with E-state index < -0.39 is 6.10 Å². The molecule has 0 radical (unpaired) electrons. The summed E-state index contributed by atoms with van der Waals surface area (Å²) in [6, 6.07) is 8.48. The highest BCUT2D eigenvalue weighted by Gasteiger charge is 2.13. The molecule has 0 aliphatic carbocycles. The van der Waals surface area contributed by atoms with Crippen molar-refractivity contribution in [2.45, 2.75) is 31.9 Å². The summed E-state index contributed by atoms with van der Waals surface area (Å²) in [7, 11) is 3.77. The number of methoxy groups -OCH3 is 1. The summed E-state index contributed by atoms with van der Waals surface area (Å²) in [4.78, 5) is 2.24. The fourth-order valence-corrected chi connectivity index (χ4v) is 2.04. The maximum atomic E-state index is 9.49. The molecule has 0 heterocycles. The van der Waals surface area contributed by atoms with Crippen LogP contribution in [0.5, 0.6) is 5.75 Å². The Kier molecular flexibility index (Phi) is 6.84. The van der Waals surface area contributed by atoms with Crippen molar-refractivity contribution in [3.8, 4) is 5.75 Å². The summed E-state index contributed by atoms with van der Waals surface area (Å²) >= 11 is 0. The molecule has 19 heavy (non-hydrogen) atoms. The molecule has 4 nitrogen and oxygen atoms in total. The summed E-state index contributed by atoms with van der Waals surface area (Å²) in [5.74, 6) is 0.935. The molecular formula is C15H26N2O2. The van der Waals surface area contributed by atoms with E-state index in [0.717, 1.165) is 18.7 Å². The highest BCUT2D eigenvalue weighted by molar-refractivity contribution is 5.33. The van der Waals surface area contributed by atoms with Gasteiger partial charge in [0.25, 0.3) is 0 Å². The predicted molar refractivity (Wildman–Crippen MR) is 78.5 cm³/mol. The van der Waals surface area contributed by atoms with Gasteiger partial charge >= 0.3 is 0 Å². The van der Waals surface area contributed by atoms with Crippen LogP contribution in [-0.2, 0) is 6.42 Å². The van der Waals surface area contributed by atoms with Crippen LogP contribution in [0.15, 0.2) is 24.3 Å². The van der Waals surface area contributed by atoms with Crippen molar-refractivity contribution in [3.63, 3.8) is 0 Å². The molecule has 1 aromatic rings. The minimum atomic E-state index is -0.402. The number of nitrogens with two attached hydrogens (primary N) is 1. The van der Waals surface area contributed by atoms with Crippen molar-refractivity contribution >= 4 is 0 Å². The van der Waals surface area contributed by atoms with Gasteiger partial charge in [0.15, 0.2) is 0 Å². The summed E-state index contributed by atoms with van der Waals surface area (Å²) in [6.45, 7) is 3.35. The second-order valence-electron chi connectivity index (χ2n) is 5.02. The molecule has 0 saturated carbocycles. The number of likely N-dealkylation sites (N-methyl/N-ethyl adjacent to an activating group) is 1. The molecule has 0 saturated heterocycles. The number of aliphatic hydroxyl groups excluding tert-OH is 1. The van der Waals surface area contributed by atoms with E-state index in [-0.39, 0.29) is 0 Å². The molecule has 0 bridgehead atoms. The standard InChI is InChI=1S/C15H26N2O2/c1-12(17(2)9-8-14(18)11-16)10-13-6-4-5-7-15(13)19-3/h4-7,12,14,18H,8-11,16H2,1-3H3. The van der Waals surface area contributed by atoms with E-state index in [4.69, 9.17) is 10.5 Å². The van der Waals surface area contributed by atoms with Crippen molar-refractivity contribution in [1.82, 2.24) is 4.90 Å². The first-order chi connectivity index (χ1) is 9.08. The number of benzene rings is 1. The zero-order valence-corrected chi connectivity index (χ0v) is 12.2. The molecule has 4 heteroatoms. The van der Waals surface area contributed by atoms with Gasteiger partial charge in [-0.3, -0.25) is 0 Å². The van der Waals surface area contributed by atoms with Gasteiger partial charge in [-0.1, -0.05) is 18.2 Å².